The van der Waals surface area contributed by atoms with Crippen LogP contribution in [0.25, 0.3) is 0 Å². The highest BCUT2D eigenvalue weighted by molar-refractivity contribution is 6.06. The molecule has 4 aliphatic heterocycles. The first kappa shape index (κ1) is 20.5. The van der Waals surface area contributed by atoms with Crippen molar-refractivity contribution in [1.29, 1.82) is 0 Å². The number of β-amino-alcohol motifs (C(OH)–C–C–N with tert-alkyl or cyclic N) is 1. The van der Waals surface area contributed by atoms with Gasteiger partial charge < -0.3 is 10.0 Å². The van der Waals surface area contributed by atoms with E-state index in [2.05, 4.69) is 9.88 Å². The van der Waals surface area contributed by atoms with Crippen LogP contribution in [0, 0.1) is 0 Å². The molecular formula is C22H29N5O4. The minimum Gasteiger partial charge on any atom is -0.392 e. The Morgan fingerprint density at radius 1 is 1.19 bits per heavy atom. The topological polar surface area (TPSA) is 97.3 Å². The molecule has 0 aromatic carbocycles. The van der Waals surface area contributed by atoms with E-state index in [9.17, 15) is 19.5 Å². The van der Waals surface area contributed by atoms with Crippen LogP contribution in [0.1, 0.15) is 31.2 Å². The van der Waals surface area contributed by atoms with Crippen LogP contribution in [0.5, 0.6) is 0 Å². The average molecular weight is 428 g/mol. The summed E-state index contributed by atoms with van der Waals surface area (Å²) in [5.74, 6) is -0.202. The molecule has 9 heteroatoms. The second-order valence-electron chi connectivity index (χ2n) is 9.23. The Bertz CT molecular complexity index is 872. The number of fused-ring (bicyclic) bond motifs is 2. The van der Waals surface area contributed by atoms with Crippen LogP contribution in [0.3, 0.4) is 0 Å². The van der Waals surface area contributed by atoms with E-state index in [4.69, 9.17) is 0 Å². The molecule has 31 heavy (non-hydrogen) atoms. The molecular weight excluding hydrogens is 398 g/mol. The molecule has 0 saturated carbocycles. The molecule has 4 aliphatic rings. The summed E-state index contributed by atoms with van der Waals surface area (Å²) < 4.78 is 0. The fourth-order valence-electron chi connectivity index (χ4n) is 5.62. The van der Waals surface area contributed by atoms with Crippen LogP contribution >= 0.6 is 0 Å². The van der Waals surface area contributed by atoms with Crippen LogP contribution in [-0.2, 0) is 20.9 Å². The van der Waals surface area contributed by atoms with Crippen LogP contribution < -0.4 is 0 Å². The van der Waals surface area contributed by atoms with E-state index in [0.717, 1.165) is 18.5 Å². The number of amides is 3. The van der Waals surface area contributed by atoms with Gasteiger partial charge in [0.25, 0.3) is 5.91 Å². The van der Waals surface area contributed by atoms with Crippen molar-refractivity contribution in [3.05, 3.63) is 30.1 Å². The van der Waals surface area contributed by atoms with Gasteiger partial charge in [-0.25, -0.2) is 0 Å². The zero-order chi connectivity index (χ0) is 21.6. The first-order valence-corrected chi connectivity index (χ1v) is 11.2. The van der Waals surface area contributed by atoms with Gasteiger partial charge in [-0.15, -0.1) is 0 Å². The summed E-state index contributed by atoms with van der Waals surface area (Å²) in [6, 6.07) is 3.47. The predicted molar refractivity (Wildman–Crippen MR) is 111 cm³/mol. The van der Waals surface area contributed by atoms with E-state index in [1.165, 1.54) is 4.90 Å². The minimum atomic E-state index is -0.748. The van der Waals surface area contributed by atoms with Gasteiger partial charge in [0.15, 0.2) is 0 Å². The average Bonchev–Trinajstić information content (AvgIpc) is 3.32. The van der Waals surface area contributed by atoms with Gasteiger partial charge in [-0.1, -0.05) is 6.07 Å². The smallest absolute Gasteiger partial charge is 0.252 e. The first-order chi connectivity index (χ1) is 15.0. The molecule has 0 unspecified atom stereocenters. The molecule has 0 radical (unpaired) electrons. The number of aromatic nitrogens is 1. The Morgan fingerprint density at radius 2 is 2.03 bits per heavy atom. The number of aliphatic hydroxyl groups is 1. The molecule has 2 atom stereocenters. The monoisotopic (exact) mass is 427 g/mol. The molecule has 5 heterocycles. The van der Waals surface area contributed by atoms with Crippen molar-refractivity contribution >= 4 is 17.7 Å². The maximum atomic E-state index is 13.5. The lowest BCUT2D eigenvalue weighted by atomic mass is 9.82. The maximum absolute atomic E-state index is 13.5. The third-order valence-corrected chi connectivity index (χ3v) is 7.10. The van der Waals surface area contributed by atoms with Gasteiger partial charge in [0, 0.05) is 64.6 Å². The fraction of sp³-hybridized carbons (Fsp3) is 0.636. The first-order valence-electron chi connectivity index (χ1n) is 11.2. The van der Waals surface area contributed by atoms with E-state index in [-0.39, 0.29) is 17.7 Å². The number of nitrogens with zero attached hydrogens (tertiary/aromatic N) is 5. The summed E-state index contributed by atoms with van der Waals surface area (Å²) in [6.07, 6.45) is 5.41. The van der Waals surface area contributed by atoms with Crippen molar-refractivity contribution in [3.63, 3.8) is 0 Å². The number of aliphatic hydroxyl groups excluding tert-OH is 1. The van der Waals surface area contributed by atoms with Crippen molar-refractivity contribution in [3.8, 4) is 0 Å². The van der Waals surface area contributed by atoms with Gasteiger partial charge in [0.05, 0.1) is 12.1 Å². The van der Waals surface area contributed by atoms with Gasteiger partial charge >= 0.3 is 0 Å². The molecule has 1 spiro atoms. The second-order valence-corrected chi connectivity index (χ2v) is 9.23. The highest BCUT2D eigenvalue weighted by Crippen LogP contribution is 2.40. The summed E-state index contributed by atoms with van der Waals surface area (Å²) in [7, 11) is 0. The molecule has 1 N–H and O–H groups in total. The number of hydrogen-bond donors (Lipinski definition) is 1. The highest BCUT2D eigenvalue weighted by Gasteiger charge is 2.64. The summed E-state index contributed by atoms with van der Waals surface area (Å²) >= 11 is 0. The summed E-state index contributed by atoms with van der Waals surface area (Å²) in [4.78, 5) is 50.0. The Labute approximate surface area is 181 Å². The number of rotatable bonds is 6. The van der Waals surface area contributed by atoms with Crippen molar-refractivity contribution < 1.29 is 19.5 Å². The van der Waals surface area contributed by atoms with Gasteiger partial charge in [-0.2, -0.15) is 0 Å². The van der Waals surface area contributed by atoms with Gasteiger partial charge in [0.1, 0.15) is 5.54 Å². The molecule has 4 fully saturated rings. The molecule has 5 rings (SSSR count). The number of imide groups is 1. The molecule has 0 bridgehead atoms. The van der Waals surface area contributed by atoms with Gasteiger partial charge in [-0.3, -0.25) is 34.1 Å². The van der Waals surface area contributed by atoms with Crippen LogP contribution in [0.15, 0.2) is 24.5 Å². The largest absolute Gasteiger partial charge is 0.392 e. The SMILES string of the molecule is O=C1CCCN1CCCN1C(=O)[C@@H]2C[C@@H](O)CN2C2(CN(Cc3cccnc3)C2)C1=O. The van der Waals surface area contributed by atoms with Crippen LogP contribution in [-0.4, -0.2) is 104 Å². The number of piperazine rings is 1. The number of carbonyl (C=O) groups is 3. The molecule has 9 nitrogen and oxygen atoms in total. The normalized spacial score (nSPS) is 28.5. The summed E-state index contributed by atoms with van der Waals surface area (Å²) in [6.45, 7) is 3.81. The zero-order valence-corrected chi connectivity index (χ0v) is 17.7. The molecule has 0 aliphatic carbocycles. The summed E-state index contributed by atoms with van der Waals surface area (Å²) in [5.41, 5.74) is 0.337. The zero-order valence-electron chi connectivity index (χ0n) is 17.7. The van der Waals surface area contributed by atoms with Crippen molar-refractivity contribution in [2.75, 3.05) is 39.3 Å². The highest BCUT2D eigenvalue weighted by atomic mass is 16.3. The maximum Gasteiger partial charge on any atom is 0.252 e. The van der Waals surface area contributed by atoms with Gasteiger partial charge in [-0.05, 0) is 30.9 Å². The van der Waals surface area contributed by atoms with E-state index in [1.54, 1.807) is 6.20 Å². The van der Waals surface area contributed by atoms with Gasteiger partial charge in [0.2, 0.25) is 11.8 Å². The molecule has 4 saturated heterocycles. The van der Waals surface area contributed by atoms with Crippen molar-refractivity contribution in [2.24, 2.45) is 0 Å². The Hall–Kier alpha value is -2.36. The van der Waals surface area contributed by atoms with E-state index in [0.29, 0.717) is 58.5 Å². The van der Waals surface area contributed by atoms with E-state index < -0.39 is 17.7 Å². The summed E-state index contributed by atoms with van der Waals surface area (Å²) in [5, 5.41) is 10.3. The molecule has 1 aromatic heterocycles. The quantitative estimate of drug-likeness (QED) is 0.609. The van der Waals surface area contributed by atoms with Crippen molar-refractivity contribution in [2.45, 2.75) is 49.9 Å². The Balaban J connectivity index is 1.28. The lowest BCUT2D eigenvalue weighted by Gasteiger charge is -2.58. The third kappa shape index (κ3) is 3.54. The van der Waals surface area contributed by atoms with E-state index in [1.807, 2.05) is 28.1 Å². The third-order valence-electron chi connectivity index (χ3n) is 7.10. The minimum absolute atomic E-state index is 0.155. The lowest BCUT2D eigenvalue weighted by molar-refractivity contribution is -0.180. The number of carbonyl (C=O) groups excluding carboxylic acids is 3. The second kappa shape index (κ2) is 7.96. The fourth-order valence-corrected chi connectivity index (χ4v) is 5.62. The predicted octanol–water partition coefficient (Wildman–Crippen LogP) is -0.547. The number of pyridine rings is 1. The Kier molecular flexibility index (Phi) is 5.27. The Morgan fingerprint density at radius 3 is 2.74 bits per heavy atom. The number of likely N-dealkylation sites (tertiary alicyclic amines) is 2. The lowest BCUT2D eigenvalue weighted by Crippen LogP contribution is -2.81. The molecule has 1 aromatic rings. The van der Waals surface area contributed by atoms with E-state index >= 15 is 0 Å². The van der Waals surface area contributed by atoms with Crippen LogP contribution in [0.2, 0.25) is 0 Å². The molecule has 3 amide bonds. The molecule has 166 valence electrons. The standard InChI is InChI=1S/C22H29N5O4/c28-17-10-18-20(30)26(9-3-8-25-7-2-5-19(25)29)21(31)22(27(18)13-17)14-24(15-22)12-16-4-1-6-23-11-16/h1,4,6,11,17-18,28H,2-3,5,7-10,12-15H2/t17-,18+/m1/s1. The van der Waals surface area contributed by atoms with Crippen LogP contribution in [0.4, 0.5) is 0 Å². The number of hydrogen-bond acceptors (Lipinski definition) is 7. The van der Waals surface area contributed by atoms with Crippen molar-refractivity contribution in [1.82, 2.24) is 24.6 Å².